The summed E-state index contributed by atoms with van der Waals surface area (Å²) in [5.41, 5.74) is 7.81. The van der Waals surface area contributed by atoms with Gasteiger partial charge in [0, 0.05) is 17.1 Å². The number of pyridine rings is 1. The number of hydrogen-bond donors (Lipinski definition) is 2. The second-order valence-electron chi connectivity index (χ2n) is 5.39. The molecule has 0 aromatic carbocycles. The fraction of sp³-hybridized carbons (Fsp3) is 0.0625. The Morgan fingerprint density at radius 2 is 2.23 bits per heavy atom. The second kappa shape index (κ2) is 5.98. The number of aromatic amines is 1. The van der Waals surface area contributed by atoms with Crippen LogP contribution in [0.5, 0.6) is 5.88 Å². The zero-order valence-electron chi connectivity index (χ0n) is 13.0. The number of nitriles is 1. The minimum absolute atomic E-state index is 0.0215. The summed E-state index contributed by atoms with van der Waals surface area (Å²) in [5, 5.41) is 27.6. The van der Waals surface area contributed by atoms with E-state index in [4.69, 9.17) is 10.5 Å². The lowest BCUT2D eigenvalue weighted by Gasteiger charge is -2.22. The van der Waals surface area contributed by atoms with Crippen molar-refractivity contribution in [3.8, 4) is 23.3 Å². The summed E-state index contributed by atoms with van der Waals surface area (Å²) in [6.07, 6.45) is 1.63. The number of fused-ring (bicyclic) bond motifs is 1. The summed E-state index contributed by atoms with van der Waals surface area (Å²) in [7, 11) is 0. The number of allylic oxidation sites excluding steroid dienone is 1. The van der Waals surface area contributed by atoms with Gasteiger partial charge in [0.1, 0.15) is 11.6 Å². The van der Waals surface area contributed by atoms with E-state index in [1.807, 2.05) is 6.07 Å². The van der Waals surface area contributed by atoms with Gasteiger partial charge in [0.25, 0.3) is 0 Å². The molecular formula is C16H10N6O3S. The largest absolute Gasteiger partial charge is 0.420 e. The lowest BCUT2D eigenvalue weighted by molar-refractivity contribution is -0.380. The van der Waals surface area contributed by atoms with Gasteiger partial charge in [0.2, 0.25) is 11.8 Å². The lowest BCUT2D eigenvalue weighted by atomic mass is 9.88. The van der Waals surface area contributed by atoms with E-state index in [9.17, 15) is 15.4 Å². The summed E-state index contributed by atoms with van der Waals surface area (Å²) >= 11 is 0.982. The third kappa shape index (κ3) is 2.38. The molecule has 3 aromatic rings. The SMILES string of the molecule is N#CC1=C(N)Oc2n[nH]c(-c3ccccn3)c2[C@H]1c1ccc([N+](=O)[O-])s1. The number of thiophene rings is 1. The highest BCUT2D eigenvalue weighted by Gasteiger charge is 2.37. The Kier molecular flexibility index (Phi) is 3.63. The summed E-state index contributed by atoms with van der Waals surface area (Å²) in [6.45, 7) is 0. The number of rotatable bonds is 3. The molecule has 3 aromatic heterocycles. The van der Waals surface area contributed by atoms with Gasteiger partial charge in [-0.3, -0.25) is 20.2 Å². The smallest absolute Gasteiger partial charge is 0.324 e. The number of ether oxygens (including phenoxy) is 1. The third-order valence-electron chi connectivity index (χ3n) is 3.94. The molecule has 0 saturated heterocycles. The van der Waals surface area contributed by atoms with Crippen molar-refractivity contribution in [1.82, 2.24) is 15.2 Å². The number of nitrogens with one attached hydrogen (secondary N) is 1. The molecule has 0 spiro atoms. The molecule has 9 nitrogen and oxygen atoms in total. The Bertz CT molecular complexity index is 1080. The number of H-pyrrole nitrogens is 1. The van der Waals surface area contributed by atoms with Crippen LogP contribution in [-0.2, 0) is 0 Å². The molecule has 0 bridgehead atoms. The highest BCUT2D eigenvalue weighted by Crippen LogP contribution is 2.47. The van der Waals surface area contributed by atoms with E-state index in [-0.39, 0.29) is 22.3 Å². The van der Waals surface area contributed by atoms with Gasteiger partial charge in [-0.05, 0) is 18.2 Å². The van der Waals surface area contributed by atoms with Crippen LogP contribution >= 0.6 is 11.3 Å². The summed E-state index contributed by atoms with van der Waals surface area (Å²) < 4.78 is 5.48. The van der Waals surface area contributed by atoms with Gasteiger partial charge < -0.3 is 10.5 Å². The number of nitrogens with two attached hydrogens (primary N) is 1. The van der Waals surface area contributed by atoms with Crippen molar-refractivity contribution >= 4 is 16.3 Å². The zero-order chi connectivity index (χ0) is 18.3. The van der Waals surface area contributed by atoms with Crippen LogP contribution in [0.1, 0.15) is 16.4 Å². The average molecular weight is 366 g/mol. The fourth-order valence-corrected chi connectivity index (χ4v) is 3.77. The minimum Gasteiger partial charge on any atom is -0.420 e. The third-order valence-corrected chi connectivity index (χ3v) is 5.04. The first-order valence-corrected chi connectivity index (χ1v) is 8.23. The van der Waals surface area contributed by atoms with E-state index in [1.54, 1.807) is 24.4 Å². The highest BCUT2D eigenvalue weighted by molar-refractivity contribution is 7.15. The molecule has 0 radical (unpaired) electrons. The van der Waals surface area contributed by atoms with E-state index >= 15 is 0 Å². The van der Waals surface area contributed by atoms with Gasteiger partial charge in [-0.15, -0.1) is 5.10 Å². The first-order valence-electron chi connectivity index (χ1n) is 7.41. The molecule has 0 saturated carbocycles. The first kappa shape index (κ1) is 15.8. The van der Waals surface area contributed by atoms with Gasteiger partial charge in [-0.25, -0.2) is 0 Å². The fourth-order valence-electron chi connectivity index (χ4n) is 2.83. The Labute approximate surface area is 150 Å². The van der Waals surface area contributed by atoms with Crippen LogP contribution in [0.25, 0.3) is 11.4 Å². The van der Waals surface area contributed by atoms with E-state index in [1.165, 1.54) is 6.07 Å². The van der Waals surface area contributed by atoms with Crippen LogP contribution in [0.15, 0.2) is 48.0 Å². The van der Waals surface area contributed by atoms with Crippen LogP contribution in [0.2, 0.25) is 0 Å². The molecule has 0 unspecified atom stereocenters. The molecule has 4 rings (SSSR count). The lowest BCUT2D eigenvalue weighted by Crippen LogP contribution is -2.20. The van der Waals surface area contributed by atoms with Crippen molar-refractivity contribution in [2.45, 2.75) is 5.92 Å². The molecule has 3 N–H and O–H groups in total. The van der Waals surface area contributed by atoms with E-state index in [2.05, 4.69) is 21.3 Å². The van der Waals surface area contributed by atoms with E-state index in [0.717, 1.165) is 11.3 Å². The average Bonchev–Trinajstić information content (AvgIpc) is 3.28. The van der Waals surface area contributed by atoms with Crippen molar-refractivity contribution < 1.29 is 9.66 Å². The minimum atomic E-state index is -0.627. The van der Waals surface area contributed by atoms with Crippen LogP contribution in [0.3, 0.4) is 0 Å². The maximum absolute atomic E-state index is 11.1. The van der Waals surface area contributed by atoms with Gasteiger partial charge in [0.15, 0.2) is 0 Å². The van der Waals surface area contributed by atoms with Crippen LogP contribution in [-0.4, -0.2) is 20.1 Å². The van der Waals surface area contributed by atoms with Crippen LogP contribution in [0, 0.1) is 21.4 Å². The normalized spacial score (nSPS) is 15.9. The number of aromatic nitrogens is 3. The topological polar surface area (TPSA) is 144 Å². The number of hydrogen-bond acceptors (Lipinski definition) is 8. The van der Waals surface area contributed by atoms with Gasteiger partial charge in [-0.1, -0.05) is 17.4 Å². The standard InChI is InChI=1S/C16H10N6O3S/c17-7-8-12(10-4-5-11(26-10)22(23)24)13-14(9-3-1-2-6-19-9)20-21-16(13)25-15(8)18/h1-6,12H,18H2,(H,20,21)/t12-/m1/s1. The van der Waals surface area contributed by atoms with Crippen molar-refractivity contribution in [2.24, 2.45) is 5.73 Å². The number of nitro groups is 1. The van der Waals surface area contributed by atoms with E-state index < -0.39 is 10.8 Å². The molecule has 10 heteroatoms. The summed E-state index contributed by atoms with van der Waals surface area (Å²) in [4.78, 5) is 15.5. The molecule has 0 aliphatic carbocycles. The van der Waals surface area contributed by atoms with Crippen LogP contribution < -0.4 is 10.5 Å². The predicted octanol–water partition coefficient (Wildman–Crippen LogP) is 2.66. The zero-order valence-corrected chi connectivity index (χ0v) is 13.9. The molecule has 1 atom stereocenters. The molecule has 1 aliphatic heterocycles. The van der Waals surface area contributed by atoms with E-state index in [0.29, 0.717) is 21.8 Å². The molecule has 1 aliphatic rings. The number of nitrogens with zero attached hydrogens (tertiary/aromatic N) is 4. The predicted molar refractivity (Wildman–Crippen MR) is 92.1 cm³/mol. The van der Waals surface area contributed by atoms with Crippen molar-refractivity contribution in [3.63, 3.8) is 0 Å². The Morgan fingerprint density at radius 3 is 2.88 bits per heavy atom. The van der Waals surface area contributed by atoms with Gasteiger partial charge in [-0.2, -0.15) is 5.26 Å². The van der Waals surface area contributed by atoms with Crippen LogP contribution in [0.4, 0.5) is 5.00 Å². The Morgan fingerprint density at radius 1 is 1.38 bits per heavy atom. The molecular weight excluding hydrogens is 356 g/mol. The quantitative estimate of drug-likeness (QED) is 0.535. The Balaban J connectivity index is 1.93. The van der Waals surface area contributed by atoms with Crippen molar-refractivity contribution in [3.05, 3.63) is 68.5 Å². The summed E-state index contributed by atoms with van der Waals surface area (Å²) in [6, 6.07) is 10.5. The molecule has 128 valence electrons. The summed E-state index contributed by atoms with van der Waals surface area (Å²) in [5.74, 6) is -0.471. The highest BCUT2D eigenvalue weighted by atomic mass is 32.1. The Hall–Kier alpha value is -3.71. The monoisotopic (exact) mass is 366 g/mol. The second-order valence-corrected chi connectivity index (χ2v) is 6.48. The molecule has 4 heterocycles. The molecule has 0 amide bonds. The first-order chi connectivity index (χ1) is 12.6. The maximum Gasteiger partial charge on any atom is 0.324 e. The van der Waals surface area contributed by atoms with Crippen molar-refractivity contribution in [2.75, 3.05) is 0 Å². The maximum atomic E-state index is 11.1. The molecule has 0 fully saturated rings. The molecule has 26 heavy (non-hydrogen) atoms. The van der Waals surface area contributed by atoms with Crippen molar-refractivity contribution in [1.29, 1.82) is 5.26 Å². The van der Waals surface area contributed by atoms with Gasteiger partial charge >= 0.3 is 5.00 Å². The van der Waals surface area contributed by atoms with Gasteiger partial charge in [0.05, 0.1) is 27.8 Å².